The monoisotopic (exact) mass is 423 g/mol. The van der Waals surface area contributed by atoms with Gasteiger partial charge in [0.15, 0.2) is 0 Å². The fourth-order valence-electron chi connectivity index (χ4n) is 3.74. The molecule has 1 saturated carbocycles. The topological polar surface area (TPSA) is 112 Å². The molecule has 5 rings (SSSR count). The van der Waals surface area contributed by atoms with E-state index in [1.807, 2.05) is 38.5 Å². The predicted molar refractivity (Wildman–Crippen MR) is 122 cm³/mol. The van der Waals surface area contributed by atoms with Gasteiger partial charge in [-0.25, -0.2) is 9.97 Å². The number of nitrogens with zero attached hydrogens (tertiary/aromatic N) is 5. The molecule has 2 atom stereocenters. The van der Waals surface area contributed by atoms with Crippen LogP contribution >= 0.6 is 0 Å². The molecule has 0 unspecified atom stereocenters. The lowest BCUT2D eigenvalue weighted by Gasteiger charge is -2.07. The highest BCUT2D eigenvalue weighted by Crippen LogP contribution is 2.47. The number of carbonyl (C=O) groups is 1. The molecule has 1 fully saturated rings. The summed E-state index contributed by atoms with van der Waals surface area (Å²) in [6, 6.07) is 5.55. The van der Waals surface area contributed by atoms with Crippen LogP contribution in [0.3, 0.4) is 0 Å². The van der Waals surface area contributed by atoms with Crippen molar-refractivity contribution in [2.24, 2.45) is 13.0 Å². The van der Waals surface area contributed by atoms with Gasteiger partial charge in [0.05, 0.1) is 6.20 Å². The number of pyridine rings is 3. The molecule has 1 aliphatic carbocycles. The number of aromatic nitrogens is 5. The van der Waals surface area contributed by atoms with E-state index in [1.165, 1.54) is 0 Å². The number of fused-ring (bicyclic) bond motifs is 1. The second-order valence-corrected chi connectivity index (χ2v) is 8.01. The van der Waals surface area contributed by atoms with Crippen molar-refractivity contribution in [2.45, 2.75) is 19.3 Å². The number of aryl methyl sites for hydroxylation is 2. The van der Waals surface area contributed by atoms with Crippen LogP contribution in [0.25, 0.3) is 10.8 Å². The molecule has 32 heavy (non-hydrogen) atoms. The maximum absolute atomic E-state index is 12.7. The quantitative estimate of drug-likeness (QED) is 0.490. The van der Waals surface area contributed by atoms with Crippen LogP contribution in [0.15, 0.2) is 49.2 Å². The number of amides is 1. The zero-order valence-electron chi connectivity index (χ0n) is 17.7. The Balaban J connectivity index is 1.36. The van der Waals surface area contributed by atoms with E-state index < -0.39 is 0 Å². The van der Waals surface area contributed by atoms with E-state index in [4.69, 9.17) is 5.73 Å². The Kier molecular flexibility index (Phi) is 4.79. The third kappa shape index (κ3) is 3.88. The highest BCUT2D eigenvalue weighted by Gasteiger charge is 2.44. The Bertz CT molecular complexity index is 1410. The first-order valence-corrected chi connectivity index (χ1v) is 10.3. The van der Waals surface area contributed by atoms with Gasteiger partial charge in [0, 0.05) is 48.7 Å². The van der Waals surface area contributed by atoms with Gasteiger partial charge in [0.25, 0.3) is 0 Å². The summed E-state index contributed by atoms with van der Waals surface area (Å²) in [7, 11) is 1.87. The molecule has 1 amide bonds. The molecule has 0 aromatic carbocycles. The molecule has 8 nitrogen and oxygen atoms in total. The third-order valence-electron chi connectivity index (χ3n) is 5.64. The molecule has 0 bridgehead atoms. The molecule has 0 saturated heterocycles. The van der Waals surface area contributed by atoms with Crippen molar-refractivity contribution in [2.75, 3.05) is 11.1 Å². The van der Waals surface area contributed by atoms with Crippen LogP contribution in [0.2, 0.25) is 0 Å². The number of nitrogens with two attached hydrogens (primary N) is 1. The maximum atomic E-state index is 12.7. The lowest BCUT2D eigenvalue weighted by atomic mass is 10.1. The number of anilines is 2. The highest BCUT2D eigenvalue weighted by atomic mass is 16.2. The number of carbonyl (C=O) groups excluding carboxylic acids is 1. The number of hydrogen-bond acceptors (Lipinski definition) is 6. The molecule has 8 heteroatoms. The largest absolute Gasteiger partial charge is 0.383 e. The van der Waals surface area contributed by atoms with Crippen LogP contribution in [0.5, 0.6) is 0 Å². The highest BCUT2D eigenvalue weighted by molar-refractivity contribution is 5.98. The fraction of sp³-hybridized carbons (Fsp3) is 0.208. The van der Waals surface area contributed by atoms with Gasteiger partial charge in [-0.1, -0.05) is 5.92 Å². The molecule has 158 valence electrons. The van der Waals surface area contributed by atoms with Crippen LogP contribution in [0.4, 0.5) is 11.6 Å². The van der Waals surface area contributed by atoms with E-state index >= 15 is 0 Å². The van der Waals surface area contributed by atoms with Gasteiger partial charge in [0.2, 0.25) is 5.91 Å². The van der Waals surface area contributed by atoms with Crippen LogP contribution in [0, 0.1) is 24.7 Å². The minimum atomic E-state index is -0.0663. The first kappa shape index (κ1) is 19.7. The number of hydrogen-bond donors (Lipinski definition) is 2. The molecule has 3 N–H and O–H groups in total. The minimum Gasteiger partial charge on any atom is -0.383 e. The van der Waals surface area contributed by atoms with Gasteiger partial charge >= 0.3 is 0 Å². The predicted octanol–water partition coefficient (Wildman–Crippen LogP) is 2.79. The Labute approximate surface area is 184 Å². The number of nitrogen functional groups attached to an aromatic ring is 1. The van der Waals surface area contributed by atoms with Gasteiger partial charge in [-0.2, -0.15) is 5.10 Å². The average molecular weight is 423 g/mol. The SMILES string of the molecule is Cc1ccncc1C#Cc1cc2cc(NC(=O)[C@@H]3C[C@H]3c3cnn(C)c3)ncc2c(N)n1. The molecule has 4 aromatic rings. The third-order valence-corrected chi connectivity index (χ3v) is 5.64. The summed E-state index contributed by atoms with van der Waals surface area (Å²) in [5, 5.41) is 8.64. The summed E-state index contributed by atoms with van der Waals surface area (Å²) in [4.78, 5) is 25.5. The molecule has 4 heterocycles. The van der Waals surface area contributed by atoms with Crippen molar-refractivity contribution in [3.8, 4) is 11.8 Å². The van der Waals surface area contributed by atoms with Gasteiger partial charge < -0.3 is 11.1 Å². The summed E-state index contributed by atoms with van der Waals surface area (Å²) in [5.41, 5.74) is 9.63. The van der Waals surface area contributed by atoms with E-state index in [0.29, 0.717) is 22.7 Å². The molecule has 0 spiro atoms. The van der Waals surface area contributed by atoms with E-state index in [0.717, 1.165) is 28.5 Å². The van der Waals surface area contributed by atoms with Crippen LogP contribution in [-0.2, 0) is 11.8 Å². The summed E-state index contributed by atoms with van der Waals surface area (Å²) in [6.07, 6.45) is 9.67. The Hall–Kier alpha value is -4.25. The van der Waals surface area contributed by atoms with Crippen molar-refractivity contribution in [3.05, 3.63) is 71.6 Å². The van der Waals surface area contributed by atoms with Gasteiger partial charge in [-0.3, -0.25) is 14.5 Å². The Morgan fingerprint density at radius 2 is 2.12 bits per heavy atom. The summed E-state index contributed by atoms with van der Waals surface area (Å²) in [6.45, 7) is 1.98. The van der Waals surface area contributed by atoms with E-state index in [2.05, 4.69) is 37.2 Å². The first-order valence-electron chi connectivity index (χ1n) is 10.3. The molecular formula is C24H21N7O. The first-order chi connectivity index (χ1) is 15.5. The number of rotatable bonds is 3. The normalized spacial score (nSPS) is 16.9. The second kappa shape index (κ2) is 7.78. The standard InChI is InChI=1S/C24H21N7O/c1-14-5-6-26-10-15(14)3-4-18-7-16-8-22(27-12-21(16)23(25)29-18)30-24(32)20-9-19(20)17-11-28-31(2)13-17/h5-8,10-13,19-20H,9H2,1-2H3,(H2,25,29)(H,27,30,32)/t19-,20+/m0/s1. The molecular weight excluding hydrogens is 402 g/mol. The molecule has 0 aliphatic heterocycles. The summed E-state index contributed by atoms with van der Waals surface area (Å²) < 4.78 is 1.75. The van der Waals surface area contributed by atoms with Crippen molar-refractivity contribution < 1.29 is 4.79 Å². The zero-order valence-corrected chi connectivity index (χ0v) is 17.7. The van der Waals surface area contributed by atoms with Crippen LogP contribution in [0.1, 0.15) is 34.7 Å². The minimum absolute atomic E-state index is 0.0419. The van der Waals surface area contributed by atoms with Crippen molar-refractivity contribution in [3.63, 3.8) is 0 Å². The van der Waals surface area contributed by atoms with E-state index in [-0.39, 0.29) is 17.7 Å². The summed E-state index contributed by atoms with van der Waals surface area (Å²) in [5.74, 6) is 7.07. The van der Waals surface area contributed by atoms with Gasteiger partial charge in [-0.05, 0) is 59.9 Å². The Morgan fingerprint density at radius 1 is 1.25 bits per heavy atom. The van der Waals surface area contributed by atoms with E-state index in [1.54, 1.807) is 29.3 Å². The lowest BCUT2D eigenvalue weighted by Crippen LogP contribution is -2.15. The Morgan fingerprint density at radius 3 is 2.91 bits per heavy atom. The van der Waals surface area contributed by atoms with Crippen LogP contribution < -0.4 is 11.1 Å². The molecule has 1 aliphatic rings. The van der Waals surface area contributed by atoms with E-state index in [9.17, 15) is 4.79 Å². The summed E-state index contributed by atoms with van der Waals surface area (Å²) >= 11 is 0. The van der Waals surface area contributed by atoms with Gasteiger partial charge in [-0.15, -0.1) is 0 Å². The van der Waals surface area contributed by atoms with Crippen molar-refractivity contribution in [1.82, 2.24) is 24.7 Å². The van der Waals surface area contributed by atoms with Crippen LogP contribution in [-0.4, -0.2) is 30.6 Å². The average Bonchev–Trinajstić information content (AvgIpc) is 3.46. The lowest BCUT2D eigenvalue weighted by molar-refractivity contribution is -0.117. The molecule has 4 aromatic heterocycles. The van der Waals surface area contributed by atoms with Crippen molar-refractivity contribution >= 4 is 28.3 Å². The zero-order chi connectivity index (χ0) is 22.2. The number of nitrogens with one attached hydrogen (secondary N) is 1. The molecule has 0 radical (unpaired) electrons. The fourth-order valence-corrected chi connectivity index (χ4v) is 3.74. The van der Waals surface area contributed by atoms with Gasteiger partial charge in [0.1, 0.15) is 17.3 Å². The second-order valence-electron chi connectivity index (χ2n) is 8.01. The maximum Gasteiger partial charge on any atom is 0.229 e. The van der Waals surface area contributed by atoms with Crippen molar-refractivity contribution in [1.29, 1.82) is 0 Å². The smallest absolute Gasteiger partial charge is 0.229 e.